The first-order valence-electron chi connectivity index (χ1n) is 5.36. The summed E-state index contributed by atoms with van der Waals surface area (Å²) in [5.41, 5.74) is 0.254. The monoisotopic (exact) mass is 259 g/mol. The lowest BCUT2D eigenvalue weighted by molar-refractivity contribution is 0.0933. The number of halogens is 1. The molecule has 0 atom stereocenters. The van der Waals surface area contributed by atoms with Crippen LogP contribution in [0.4, 0.5) is 0 Å². The smallest absolute Gasteiger partial charge is 0.282 e. The lowest BCUT2D eigenvalue weighted by atomic mass is 9.89. The van der Waals surface area contributed by atoms with Gasteiger partial charge in [-0.2, -0.15) is 0 Å². The van der Waals surface area contributed by atoms with E-state index in [1.165, 1.54) is 25.7 Å². The first-order valence-corrected chi connectivity index (χ1v) is 6.56. The predicted molar refractivity (Wildman–Crippen MR) is 63.8 cm³/mol. The molecule has 1 N–H and O–H groups in total. The first-order chi connectivity index (χ1) is 7.59. The van der Waals surface area contributed by atoms with Crippen LogP contribution in [0.1, 0.15) is 42.4 Å². The lowest BCUT2D eigenvalue weighted by Crippen LogP contribution is -2.34. The van der Waals surface area contributed by atoms with Crippen LogP contribution in [0, 0.1) is 5.41 Å². The summed E-state index contributed by atoms with van der Waals surface area (Å²) >= 11 is 6.73. The van der Waals surface area contributed by atoms with E-state index in [2.05, 4.69) is 22.4 Å². The zero-order valence-electron chi connectivity index (χ0n) is 9.12. The molecule has 0 saturated heterocycles. The van der Waals surface area contributed by atoms with Crippen LogP contribution >= 0.6 is 22.9 Å². The molecule has 88 valence electrons. The second kappa shape index (κ2) is 4.67. The number of aromatic nitrogens is 2. The summed E-state index contributed by atoms with van der Waals surface area (Å²) in [6, 6.07) is 0. The van der Waals surface area contributed by atoms with Crippen LogP contribution in [0.2, 0.25) is 4.47 Å². The maximum Gasteiger partial charge on any atom is 0.282 e. The third kappa shape index (κ3) is 2.71. The van der Waals surface area contributed by atoms with Crippen LogP contribution in [-0.4, -0.2) is 22.6 Å². The van der Waals surface area contributed by atoms with Gasteiger partial charge in [0.25, 0.3) is 5.91 Å². The Labute approximate surface area is 103 Å². The Morgan fingerprint density at radius 3 is 2.75 bits per heavy atom. The molecule has 0 aromatic carbocycles. The molecule has 0 radical (unpaired) electrons. The molecule has 1 amide bonds. The van der Waals surface area contributed by atoms with Crippen molar-refractivity contribution in [1.82, 2.24) is 15.5 Å². The van der Waals surface area contributed by atoms with Gasteiger partial charge < -0.3 is 5.32 Å². The van der Waals surface area contributed by atoms with Gasteiger partial charge in [0.1, 0.15) is 0 Å². The number of carbonyl (C=O) groups is 1. The van der Waals surface area contributed by atoms with E-state index in [4.69, 9.17) is 11.6 Å². The molecule has 0 bridgehead atoms. The highest BCUT2D eigenvalue weighted by atomic mass is 35.5. The Hall–Kier alpha value is -0.680. The standard InChI is InChI=1S/C10H14ClN3OS/c1-10(4-2-3-5-10)6-12-7(15)8-13-14-9(11)16-8/h2-6H2,1H3,(H,12,15). The zero-order chi connectivity index (χ0) is 11.6. The minimum Gasteiger partial charge on any atom is -0.349 e. The van der Waals surface area contributed by atoms with Crippen LogP contribution in [-0.2, 0) is 0 Å². The van der Waals surface area contributed by atoms with Gasteiger partial charge in [-0.1, -0.05) is 31.1 Å². The molecule has 1 aromatic heterocycles. The Balaban J connectivity index is 1.88. The summed E-state index contributed by atoms with van der Waals surface area (Å²) in [7, 11) is 0. The van der Waals surface area contributed by atoms with Crippen molar-refractivity contribution in [3.05, 3.63) is 9.47 Å². The van der Waals surface area contributed by atoms with Crippen LogP contribution < -0.4 is 5.32 Å². The number of amides is 1. The third-order valence-corrected chi connectivity index (χ3v) is 4.10. The molecule has 0 aliphatic heterocycles. The summed E-state index contributed by atoms with van der Waals surface area (Å²) in [4.78, 5) is 11.7. The summed E-state index contributed by atoms with van der Waals surface area (Å²) in [5.74, 6) is -0.169. The van der Waals surface area contributed by atoms with E-state index in [1.54, 1.807) is 0 Å². The molecule has 0 unspecified atom stereocenters. The average Bonchev–Trinajstić information content (AvgIpc) is 2.85. The molecule has 1 aliphatic carbocycles. The molecule has 4 nitrogen and oxygen atoms in total. The third-order valence-electron chi connectivity index (χ3n) is 3.08. The molecule has 1 aromatic rings. The van der Waals surface area contributed by atoms with Crippen molar-refractivity contribution in [2.24, 2.45) is 5.41 Å². The Morgan fingerprint density at radius 2 is 2.19 bits per heavy atom. The molecule has 1 aliphatic rings. The number of hydrogen-bond donors (Lipinski definition) is 1. The molecular weight excluding hydrogens is 246 g/mol. The summed E-state index contributed by atoms with van der Waals surface area (Å²) in [6.07, 6.45) is 4.89. The Kier molecular flexibility index (Phi) is 3.44. The van der Waals surface area contributed by atoms with Gasteiger partial charge in [0, 0.05) is 6.54 Å². The van der Waals surface area contributed by atoms with Crippen LogP contribution in [0.3, 0.4) is 0 Å². The van der Waals surface area contributed by atoms with Crippen LogP contribution in [0.25, 0.3) is 0 Å². The van der Waals surface area contributed by atoms with Crippen molar-refractivity contribution < 1.29 is 4.79 Å². The van der Waals surface area contributed by atoms with E-state index in [9.17, 15) is 4.79 Å². The highest BCUT2D eigenvalue weighted by Gasteiger charge is 2.29. The van der Waals surface area contributed by atoms with Gasteiger partial charge in [0.05, 0.1) is 0 Å². The van der Waals surface area contributed by atoms with Crippen LogP contribution in [0.15, 0.2) is 0 Å². The minimum atomic E-state index is -0.169. The van der Waals surface area contributed by atoms with Gasteiger partial charge >= 0.3 is 0 Å². The fourth-order valence-electron chi connectivity index (χ4n) is 2.07. The molecular formula is C10H14ClN3OS. The topological polar surface area (TPSA) is 54.9 Å². The highest BCUT2D eigenvalue weighted by molar-refractivity contribution is 7.17. The van der Waals surface area contributed by atoms with Crippen molar-refractivity contribution >= 4 is 28.8 Å². The Morgan fingerprint density at radius 1 is 1.50 bits per heavy atom. The highest BCUT2D eigenvalue weighted by Crippen LogP contribution is 2.36. The first kappa shape index (κ1) is 11.8. The summed E-state index contributed by atoms with van der Waals surface area (Å²) in [6.45, 7) is 2.93. The van der Waals surface area contributed by atoms with Gasteiger partial charge in [-0.05, 0) is 29.9 Å². The molecule has 1 fully saturated rings. The molecule has 0 spiro atoms. The quantitative estimate of drug-likeness (QED) is 0.907. The van der Waals surface area contributed by atoms with Gasteiger partial charge in [0.15, 0.2) is 0 Å². The van der Waals surface area contributed by atoms with Gasteiger partial charge in [-0.3, -0.25) is 4.79 Å². The Bertz CT molecular complexity index is 387. The lowest BCUT2D eigenvalue weighted by Gasteiger charge is -2.23. The van der Waals surface area contributed by atoms with Gasteiger partial charge in [-0.25, -0.2) is 0 Å². The number of nitrogens with zero attached hydrogens (tertiary/aromatic N) is 2. The second-order valence-electron chi connectivity index (χ2n) is 4.56. The maximum absolute atomic E-state index is 11.7. The molecule has 2 rings (SSSR count). The van der Waals surface area contributed by atoms with Crippen LogP contribution in [0.5, 0.6) is 0 Å². The van der Waals surface area contributed by atoms with Crippen molar-refractivity contribution in [1.29, 1.82) is 0 Å². The van der Waals surface area contributed by atoms with E-state index < -0.39 is 0 Å². The average molecular weight is 260 g/mol. The number of carbonyl (C=O) groups excluding carboxylic acids is 1. The van der Waals surface area contributed by atoms with Crippen molar-refractivity contribution in [2.75, 3.05) is 6.54 Å². The van der Waals surface area contributed by atoms with Crippen molar-refractivity contribution in [2.45, 2.75) is 32.6 Å². The summed E-state index contributed by atoms with van der Waals surface area (Å²) in [5, 5.41) is 10.6. The number of nitrogens with one attached hydrogen (secondary N) is 1. The van der Waals surface area contributed by atoms with Gasteiger partial charge in [0.2, 0.25) is 9.47 Å². The van der Waals surface area contributed by atoms with E-state index in [-0.39, 0.29) is 11.3 Å². The van der Waals surface area contributed by atoms with E-state index >= 15 is 0 Å². The van der Waals surface area contributed by atoms with E-state index in [0.717, 1.165) is 11.3 Å². The molecule has 1 saturated carbocycles. The van der Waals surface area contributed by atoms with Gasteiger partial charge in [-0.15, -0.1) is 10.2 Å². The van der Waals surface area contributed by atoms with Crippen molar-refractivity contribution in [3.8, 4) is 0 Å². The molecule has 1 heterocycles. The molecule has 16 heavy (non-hydrogen) atoms. The minimum absolute atomic E-state index is 0.169. The normalized spacial score (nSPS) is 18.6. The fraction of sp³-hybridized carbons (Fsp3) is 0.700. The predicted octanol–water partition coefficient (Wildman–Crippen LogP) is 2.50. The molecule has 6 heteroatoms. The fourth-order valence-corrected chi connectivity index (χ4v) is 2.82. The number of rotatable bonds is 3. The zero-order valence-corrected chi connectivity index (χ0v) is 10.7. The second-order valence-corrected chi connectivity index (χ2v) is 6.12. The van der Waals surface area contributed by atoms with E-state index in [0.29, 0.717) is 16.0 Å². The maximum atomic E-state index is 11.7. The van der Waals surface area contributed by atoms with Crippen molar-refractivity contribution in [3.63, 3.8) is 0 Å². The number of hydrogen-bond acceptors (Lipinski definition) is 4. The largest absolute Gasteiger partial charge is 0.349 e. The van der Waals surface area contributed by atoms with E-state index in [1.807, 2.05) is 0 Å². The summed E-state index contributed by atoms with van der Waals surface area (Å²) < 4.78 is 0.303. The SMILES string of the molecule is CC1(CNC(=O)c2nnc(Cl)s2)CCCC1.